The molecule has 1 saturated carbocycles. The quantitative estimate of drug-likeness (QED) is 0.738. The maximum absolute atomic E-state index is 13.8. The summed E-state index contributed by atoms with van der Waals surface area (Å²) in [6, 6.07) is 13.2. The monoisotopic (exact) mass is 444 g/mol. The minimum atomic E-state index is -3.58. The Hall–Kier alpha value is -2.25. The van der Waals surface area contributed by atoms with Crippen molar-refractivity contribution in [3.63, 3.8) is 0 Å². The van der Waals surface area contributed by atoms with Crippen molar-refractivity contribution in [3.05, 3.63) is 65.5 Å². The summed E-state index contributed by atoms with van der Waals surface area (Å²) in [4.78, 5) is 15.6. The van der Waals surface area contributed by atoms with Crippen LogP contribution in [-0.2, 0) is 20.2 Å². The van der Waals surface area contributed by atoms with Crippen molar-refractivity contribution in [1.29, 1.82) is 0 Å². The lowest BCUT2D eigenvalue weighted by Gasteiger charge is -2.46. The lowest BCUT2D eigenvalue weighted by atomic mass is 9.63. The predicted molar refractivity (Wildman–Crippen MR) is 118 cm³/mol. The highest BCUT2D eigenvalue weighted by Crippen LogP contribution is 2.45. The van der Waals surface area contributed by atoms with Crippen LogP contribution >= 0.6 is 0 Å². The molecule has 1 amide bonds. The third-order valence-electron chi connectivity index (χ3n) is 6.69. The molecule has 2 aromatic rings. The van der Waals surface area contributed by atoms with Crippen LogP contribution in [0.3, 0.4) is 0 Å². The molecule has 2 aromatic carbocycles. The first kappa shape index (κ1) is 22.0. The molecule has 0 spiro atoms. The molecule has 1 saturated heterocycles. The SMILES string of the molecule is Cc1ccc(S(=O)(=O)NCC2CCCN(C(=O)C3(c4cccc(F)c4)CCC3)C2)cc1. The molecule has 5 nitrogen and oxygen atoms in total. The molecule has 1 heterocycles. The van der Waals surface area contributed by atoms with E-state index in [2.05, 4.69) is 4.72 Å². The van der Waals surface area contributed by atoms with Gasteiger partial charge >= 0.3 is 0 Å². The van der Waals surface area contributed by atoms with E-state index in [0.29, 0.717) is 19.6 Å². The van der Waals surface area contributed by atoms with E-state index in [0.717, 1.165) is 43.2 Å². The van der Waals surface area contributed by atoms with E-state index in [1.807, 2.05) is 17.9 Å². The smallest absolute Gasteiger partial charge is 0.240 e. The Morgan fingerprint density at radius 2 is 1.90 bits per heavy atom. The molecule has 4 rings (SSSR count). The first-order chi connectivity index (χ1) is 14.8. The van der Waals surface area contributed by atoms with Crippen molar-refractivity contribution in [2.24, 2.45) is 5.92 Å². The highest BCUT2D eigenvalue weighted by atomic mass is 32.2. The van der Waals surface area contributed by atoms with E-state index < -0.39 is 15.4 Å². The highest BCUT2D eigenvalue weighted by Gasteiger charge is 2.48. The van der Waals surface area contributed by atoms with Gasteiger partial charge in [-0.15, -0.1) is 0 Å². The molecular formula is C24H29FN2O3S. The summed E-state index contributed by atoms with van der Waals surface area (Å²) in [7, 11) is -3.58. The average Bonchev–Trinajstić information content (AvgIpc) is 2.72. The summed E-state index contributed by atoms with van der Waals surface area (Å²) < 4.78 is 41.7. The van der Waals surface area contributed by atoms with Crippen LogP contribution in [-0.4, -0.2) is 38.9 Å². The van der Waals surface area contributed by atoms with Crippen LogP contribution in [0.2, 0.25) is 0 Å². The molecule has 1 unspecified atom stereocenters. The number of aryl methyl sites for hydroxylation is 1. The normalized spacial score (nSPS) is 20.8. The zero-order valence-corrected chi connectivity index (χ0v) is 18.6. The lowest BCUT2D eigenvalue weighted by Crippen LogP contribution is -2.54. The van der Waals surface area contributed by atoms with Gasteiger partial charge in [-0.3, -0.25) is 4.79 Å². The van der Waals surface area contributed by atoms with Gasteiger partial charge in [0.15, 0.2) is 0 Å². The van der Waals surface area contributed by atoms with E-state index in [1.54, 1.807) is 30.3 Å². The minimum absolute atomic E-state index is 0.0513. The minimum Gasteiger partial charge on any atom is -0.342 e. The third-order valence-corrected chi connectivity index (χ3v) is 8.13. The number of sulfonamides is 1. The molecule has 2 fully saturated rings. The van der Waals surface area contributed by atoms with Crippen LogP contribution in [0.1, 0.15) is 43.2 Å². The Morgan fingerprint density at radius 3 is 2.55 bits per heavy atom. The zero-order valence-electron chi connectivity index (χ0n) is 17.8. The number of hydrogen-bond acceptors (Lipinski definition) is 3. The number of amides is 1. The first-order valence-corrected chi connectivity index (χ1v) is 12.4. The molecule has 166 valence electrons. The van der Waals surface area contributed by atoms with Gasteiger partial charge in [-0.05, 0) is 68.4 Å². The maximum Gasteiger partial charge on any atom is 0.240 e. The summed E-state index contributed by atoms with van der Waals surface area (Å²) in [5, 5.41) is 0. The summed E-state index contributed by atoms with van der Waals surface area (Å²) in [5.41, 5.74) is 1.13. The van der Waals surface area contributed by atoms with Gasteiger partial charge in [-0.25, -0.2) is 17.5 Å². The molecule has 0 radical (unpaired) electrons. The molecule has 2 aliphatic rings. The molecule has 1 N–H and O–H groups in total. The van der Waals surface area contributed by atoms with Crippen LogP contribution in [0.4, 0.5) is 4.39 Å². The Labute approximate surface area is 183 Å². The fraction of sp³-hybridized carbons (Fsp3) is 0.458. The zero-order chi connectivity index (χ0) is 22.1. The van der Waals surface area contributed by atoms with E-state index in [-0.39, 0.29) is 22.5 Å². The number of nitrogens with zero attached hydrogens (tertiary/aromatic N) is 1. The number of rotatable bonds is 6. The van der Waals surface area contributed by atoms with Crippen molar-refractivity contribution >= 4 is 15.9 Å². The second-order valence-electron chi connectivity index (χ2n) is 8.87. The number of nitrogens with one attached hydrogen (secondary N) is 1. The van der Waals surface area contributed by atoms with Crippen molar-refractivity contribution in [2.45, 2.75) is 49.3 Å². The van der Waals surface area contributed by atoms with E-state index >= 15 is 0 Å². The highest BCUT2D eigenvalue weighted by molar-refractivity contribution is 7.89. The molecule has 0 bridgehead atoms. The molecule has 0 aromatic heterocycles. The Bertz CT molecular complexity index is 1050. The van der Waals surface area contributed by atoms with E-state index in [1.165, 1.54) is 12.1 Å². The lowest BCUT2D eigenvalue weighted by molar-refractivity contribution is -0.142. The van der Waals surface area contributed by atoms with Crippen molar-refractivity contribution in [2.75, 3.05) is 19.6 Å². The standard InChI is InChI=1S/C24H29FN2O3S/c1-18-8-10-22(11-9-18)31(29,30)26-16-19-5-3-14-27(17-19)23(28)24(12-4-13-24)20-6-2-7-21(25)15-20/h2,6-11,15,19,26H,3-5,12-14,16-17H2,1H3. The first-order valence-electron chi connectivity index (χ1n) is 10.9. The average molecular weight is 445 g/mol. The summed E-state index contributed by atoms with van der Waals surface area (Å²) in [6.45, 7) is 3.40. The van der Waals surface area contributed by atoms with E-state index in [9.17, 15) is 17.6 Å². The number of benzene rings is 2. The Balaban J connectivity index is 1.42. The molecule has 7 heteroatoms. The van der Waals surface area contributed by atoms with Gasteiger partial charge in [0, 0.05) is 19.6 Å². The molecule has 31 heavy (non-hydrogen) atoms. The Kier molecular flexibility index (Phi) is 6.17. The number of likely N-dealkylation sites (tertiary alicyclic amines) is 1. The number of carbonyl (C=O) groups is 1. The maximum atomic E-state index is 13.8. The number of halogens is 1. The molecular weight excluding hydrogens is 415 g/mol. The van der Waals surface area contributed by atoms with Crippen molar-refractivity contribution in [3.8, 4) is 0 Å². The van der Waals surface area contributed by atoms with Gasteiger partial charge in [-0.1, -0.05) is 36.2 Å². The van der Waals surface area contributed by atoms with Crippen molar-refractivity contribution in [1.82, 2.24) is 9.62 Å². The Morgan fingerprint density at radius 1 is 1.16 bits per heavy atom. The van der Waals surface area contributed by atoms with Gasteiger partial charge in [0.25, 0.3) is 0 Å². The van der Waals surface area contributed by atoms with Gasteiger partial charge in [0.2, 0.25) is 15.9 Å². The fourth-order valence-electron chi connectivity index (χ4n) is 4.69. The summed E-state index contributed by atoms with van der Waals surface area (Å²) in [6.07, 6.45) is 4.12. The van der Waals surface area contributed by atoms with Crippen LogP contribution < -0.4 is 4.72 Å². The predicted octanol–water partition coefficient (Wildman–Crippen LogP) is 3.77. The van der Waals surface area contributed by atoms with Crippen LogP contribution in [0.5, 0.6) is 0 Å². The van der Waals surface area contributed by atoms with Gasteiger partial charge < -0.3 is 4.90 Å². The van der Waals surface area contributed by atoms with Crippen LogP contribution in [0, 0.1) is 18.7 Å². The van der Waals surface area contributed by atoms with Crippen LogP contribution in [0.15, 0.2) is 53.4 Å². The van der Waals surface area contributed by atoms with Gasteiger partial charge in [0.1, 0.15) is 5.82 Å². The fourth-order valence-corrected chi connectivity index (χ4v) is 5.81. The molecule has 1 aliphatic heterocycles. The number of carbonyl (C=O) groups excluding carboxylic acids is 1. The molecule has 1 atom stereocenters. The summed E-state index contributed by atoms with van der Waals surface area (Å²) >= 11 is 0. The third kappa shape index (κ3) is 4.53. The second-order valence-corrected chi connectivity index (χ2v) is 10.6. The topological polar surface area (TPSA) is 66.5 Å². The largest absolute Gasteiger partial charge is 0.342 e. The van der Waals surface area contributed by atoms with Crippen LogP contribution in [0.25, 0.3) is 0 Å². The van der Waals surface area contributed by atoms with Gasteiger partial charge in [-0.2, -0.15) is 0 Å². The number of piperidine rings is 1. The number of hydrogen-bond donors (Lipinski definition) is 1. The second kappa shape index (κ2) is 8.71. The van der Waals surface area contributed by atoms with Crippen molar-refractivity contribution < 1.29 is 17.6 Å². The molecule has 1 aliphatic carbocycles. The van der Waals surface area contributed by atoms with E-state index in [4.69, 9.17) is 0 Å². The summed E-state index contributed by atoms with van der Waals surface area (Å²) in [5.74, 6) is -0.211. The van der Waals surface area contributed by atoms with Gasteiger partial charge in [0.05, 0.1) is 10.3 Å².